The number of rotatable bonds is 4. The van der Waals surface area contributed by atoms with E-state index in [0.717, 1.165) is 22.5 Å². The zero-order valence-corrected chi connectivity index (χ0v) is 16.5. The summed E-state index contributed by atoms with van der Waals surface area (Å²) in [5.41, 5.74) is 5.00. The van der Waals surface area contributed by atoms with Gasteiger partial charge in [0.05, 0.1) is 17.0 Å². The fraction of sp³-hybridized carbons (Fsp3) is 0.125. The van der Waals surface area contributed by atoms with Crippen LogP contribution in [-0.2, 0) is 0 Å². The lowest BCUT2D eigenvalue weighted by molar-refractivity contribution is -0.671. The standard InChI is InChI=1S/C24H20N4O2/c1-17-12-14-20(15-13-17)28-23(24(29)30-26-28)21-16-22(18-8-4-2-5-9-18)27(25-21)19-10-6-3-7-11-19/h2-15,22H,16H2,1H3. The van der Waals surface area contributed by atoms with Crippen LogP contribution in [0.4, 0.5) is 5.69 Å². The van der Waals surface area contributed by atoms with Crippen molar-refractivity contribution in [3.8, 4) is 11.6 Å². The third-order valence-electron chi connectivity index (χ3n) is 5.28. The van der Waals surface area contributed by atoms with Crippen LogP contribution in [0, 0.1) is 6.92 Å². The quantitative estimate of drug-likeness (QED) is 0.494. The number of aromatic nitrogens is 2. The summed E-state index contributed by atoms with van der Waals surface area (Å²) < 4.78 is 6.57. The summed E-state index contributed by atoms with van der Waals surface area (Å²) in [7, 11) is 0. The molecule has 0 aliphatic carbocycles. The Bertz CT molecular complexity index is 1190. The molecule has 0 saturated heterocycles. The van der Waals surface area contributed by atoms with Crippen LogP contribution in [0.2, 0.25) is 0 Å². The summed E-state index contributed by atoms with van der Waals surface area (Å²) in [5, 5.41) is 23.4. The van der Waals surface area contributed by atoms with Crippen LogP contribution in [0.1, 0.15) is 29.3 Å². The number of nitrogens with zero attached hydrogens (tertiary/aromatic N) is 4. The first-order valence-corrected chi connectivity index (χ1v) is 9.84. The molecule has 5 rings (SSSR count). The molecule has 148 valence electrons. The Morgan fingerprint density at radius 2 is 1.60 bits per heavy atom. The number of hydrogen-bond donors (Lipinski definition) is 0. The van der Waals surface area contributed by atoms with Crippen LogP contribution >= 0.6 is 0 Å². The van der Waals surface area contributed by atoms with E-state index in [1.54, 1.807) is 0 Å². The van der Waals surface area contributed by atoms with Crippen molar-refractivity contribution in [2.45, 2.75) is 19.4 Å². The molecule has 2 heterocycles. The second kappa shape index (κ2) is 7.48. The molecule has 0 bridgehead atoms. The summed E-state index contributed by atoms with van der Waals surface area (Å²) in [6, 6.07) is 27.9. The molecule has 1 atom stereocenters. The summed E-state index contributed by atoms with van der Waals surface area (Å²) in [4.78, 5) is 0. The van der Waals surface area contributed by atoms with E-state index in [2.05, 4.69) is 17.4 Å². The van der Waals surface area contributed by atoms with Crippen LogP contribution in [0.3, 0.4) is 0 Å². The lowest BCUT2D eigenvalue weighted by Gasteiger charge is -2.23. The van der Waals surface area contributed by atoms with Gasteiger partial charge in [0, 0.05) is 18.6 Å². The molecular formula is C24H20N4O2. The first kappa shape index (κ1) is 18.1. The number of aryl methyl sites for hydroxylation is 1. The Morgan fingerprint density at radius 3 is 2.30 bits per heavy atom. The Kier molecular flexibility index (Phi) is 4.52. The average Bonchev–Trinajstić information content (AvgIpc) is 3.39. The van der Waals surface area contributed by atoms with Gasteiger partial charge in [-0.1, -0.05) is 66.2 Å². The number of hydrogen-bond acceptors (Lipinski definition) is 5. The van der Waals surface area contributed by atoms with Gasteiger partial charge in [0.25, 0.3) is 5.69 Å². The maximum Gasteiger partial charge on any atom is 0.286 e. The van der Waals surface area contributed by atoms with E-state index in [4.69, 9.17) is 9.62 Å². The molecular weight excluding hydrogens is 376 g/mol. The highest BCUT2D eigenvalue weighted by atomic mass is 16.6. The lowest BCUT2D eigenvalue weighted by Crippen LogP contribution is -2.39. The first-order valence-electron chi connectivity index (χ1n) is 9.84. The van der Waals surface area contributed by atoms with Gasteiger partial charge in [0.1, 0.15) is 5.71 Å². The minimum atomic E-state index is -0.490. The zero-order valence-electron chi connectivity index (χ0n) is 16.5. The van der Waals surface area contributed by atoms with Crippen LogP contribution in [-0.4, -0.2) is 11.0 Å². The van der Waals surface area contributed by atoms with Crippen molar-refractivity contribution in [1.29, 1.82) is 0 Å². The van der Waals surface area contributed by atoms with Crippen LogP contribution in [0.5, 0.6) is 5.95 Å². The lowest BCUT2D eigenvalue weighted by atomic mass is 10.0. The van der Waals surface area contributed by atoms with Crippen molar-refractivity contribution in [2.24, 2.45) is 5.10 Å². The van der Waals surface area contributed by atoms with Gasteiger partial charge in [-0.15, -0.1) is 0 Å². The van der Waals surface area contributed by atoms with Gasteiger partial charge in [0.2, 0.25) is 5.69 Å². The van der Waals surface area contributed by atoms with E-state index in [-0.39, 0.29) is 6.04 Å². The minimum Gasteiger partial charge on any atom is -0.539 e. The molecule has 0 radical (unpaired) electrons. The van der Waals surface area contributed by atoms with E-state index < -0.39 is 5.95 Å². The molecule has 6 nitrogen and oxygen atoms in total. The molecule has 1 aliphatic heterocycles. The smallest absolute Gasteiger partial charge is 0.286 e. The Hall–Kier alpha value is -3.93. The van der Waals surface area contributed by atoms with Crippen LogP contribution in [0.25, 0.3) is 5.69 Å². The highest BCUT2D eigenvalue weighted by molar-refractivity contribution is 6.02. The molecule has 6 heteroatoms. The SMILES string of the molecule is Cc1ccc(-[n+]2noc([O-])c2C2=NN(c3ccccc3)C(c3ccccc3)C2)cc1. The summed E-state index contributed by atoms with van der Waals surface area (Å²) >= 11 is 0. The number of hydrazone groups is 1. The molecule has 4 aromatic rings. The Morgan fingerprint density at radius 1 is 0.933 bits per heavy atom. The van der Waals surface area contributed by atoms with Gasteiger partial charge in [0.15, 0.2) is 5.95 Å². The number of para-hydroxylation sites is 1. The third kappa shape index (κ3) is 3.22. The maximum atomic E-state index is 12.6. The van der Waals surface area contributed by atoms with Crippen molar-refractivity contribution in [2.75, 3.05) is 5.01 Å². The largest absolute Gasteiger partial charge is 0.539 e. The predicted molar refractivity (Wildman–Crippen MR) is 111 cm³/mol. The van der Waals surface area contributed by atoms with Crippen molar-refractivity contribution in [3.05, 3.63) is 102 Å². The Balaban J connectivity index is 1.60. The van der Waals surface area contributed by atoms with Gasteiger partial charge in [-0.25, -0.2) is 0 Å². The van der Waals surface area contributed by atoms with E-state index in [9.17, 15) is 5.11 Å². The molecule has 0 N–H and O–H groups in total. The molecule has 3 aromatic carbocycles. The maximum absolute atomic E-state index is 12.6. The number of anilines is 1. The highest BCUT2D eigenvalue weighted by Gasteiger charge is 2.36. The predicted octanol–water partition coefficient (Wildman–Crippen LogP) is 3.69. The van der Waals surface area contributed by atoms with E-state index >= 15 is 0 Å². The minimum absolute atomic E-state index is 0.0237. The van der Waals surface area contributed by atoms with Gasteiger partial charge >= 0.3 is 0 Å². The monoisotopic (exact) mass is 396 g/mol. The molecule has 30 heavy (non-hydrogen) atoms. The molecule has 0 saturated carbocycles. The van der Waals surface area contributed by atoms with Gasteiger partial charge in [-0.2, -0.15) is 5.10 Å². The van der Waals surface area contributed by atoms with Crippen molar-refractivity contribution >= 4 is 11.4 Å². The second-order valence-electron chi connectivity index (χ2n) is 7.31. The fourth-order valence-corrected chi connectivity index (χ4v) is 3.76. The molecule has 0 amide bonds. The fourth-order valence-electron chi connectivity index (χ4n) is 3.76. The average molecular weight is 396 g/mol. The molecule has 1 unspecified atom stereocenters. The zero-order chi connectivity index (χ0) is 20.5. The summed E-state index contributed by atoms with van der Waals surface area (Å²) in [6.45, 7) is 2.01. The normalized spacial score (nSPS) is 16.0. The number of benzene rings is 3. The van der Waals surface area contributed by atoms with Gasteiger partial charge in [-0.3, -0.25) is 5.01 Å². The molecule has 1 aliphatic rings. The molecule has 0 spiro atoms. The summed E-state index contributed by atoms with van der Waals surface area (Å²) in [6.07, 6.45) is 0.571. The van der Waals surface area contributed by atoms with Crippen molar-refractivity contribution < 1.29 is 14.3 Å². The third-order valence-corrected chi connectivity index (χ3v) is 5.28. The van der Waals surface area contributed by atoms with Crippen molar-refractivity contribution in [3.63, 3.8) is 0 Å². The second-order valence-corrected chi connectivity index (χ2v) is 7.31. The van der Waals surface area contributed by atoms with E-state index in [0.29, 0.717) is 17.8 Å². The first-order chi connectivity index (χ1) is 14.7. The van der Waals surface area contributed by atoms with Crippen molar-refractivity contribution in [1.82, 2.24) is 5.27 Å². The van der Waals surface area contributed by atoms with Gasteiger partial charge in [-0.05, 0) is 29.3 Å². The molecule has 0 fully saturated rings. The summed E-state index contributed by atoms with van der Waals surface area (Å²) in [5.74, 6) is -0.490. The Labute approximate surface area is 174 Å². The van der Waals surface area contributed by atoms with Gasteiger partial charge < -0.3 is 9.63 Å². The van der Waals surface area contributed by atoms with E-state index in [1.807, 2.05) is 84.7 Å². The van der Waals surface area contributed by atoms with E-state index in [1.165, 1.54) is 4.68 Å². The van der Waals surface area contributed by atoms with Crippen LogP contribution in [0.15, 0.2) is 94.6 Å². The topological polar surface area (TPSA) is 68.6 Å². The van der Waals surface area contributed by atoms with Crippen LogP contribution < -0.4 is 14.8 Å². The molecule has 1 aromatic heterocycles. The highest BCUT2D eigenvalue weighted by Crippen LogP contribution is 2.37.